The van der Waals surface area contributed by atoms with E-state index in [9.17, 15) is 23.5 Å². The molecule has 154 valence electrons. The summed E-state index contributed by atoms with van der Waals surface area (Å²) in [6.45, 7) is 3.25. The van der Waals surface area contributed by atoms with Gasteiger partial charge >= 0.3 is 5.97 Å². The van der Waals surface area contributed by atoms with E-state index in [-0.39, 0.29) is 12.5 Å². The lowest BCUT2D eigenvalue weighted by atomic mass is 9.82. The van der Waals surface area contributed by atoms with E-state index in [2.05, 4.69) is 10.4 Å². The van der Waals surface area contributed by atoms with E-state index in [0.717, 1.165) is 12.1 Å². The second-order valence-electron chi connectivity index (χ2n) is 6.88. The second-order valence-corrected chi connectivity index (χ2v) is 6.88. The Hall–Kier alpha value is -3.23. The number of allylic oxidation sites excluding steroid dienone is 2. The van der Waals surface area contributed by atoms with Crippen molar-refractivity contribution < 1.29 is 28.2 Å². The summed E-state index contributed by atoms with van der Waals surface area (Å²) in [4.78, 5) is 24.1. The van der Waals surface area contributed by atoms with Gasteiger partial charge in [-0.3, -0.25) is 9.59 Å². The van der Waals surface area contributed by atoms with Crippen LogP contribution in [-0.2, 0) is 16.3 Å². The highest BCUT2D eigenvalue weighted by Gasteiger charge is 2.34. The predicted octanol–water partition coefficient (Wildman–Crippen LogP) is 3.42. The second kappa shape index (κ2) is 8.42. The van der Waals surface area contributed by atoms with Crippen molar-refractivity contribution in [2.45, 2.75) is 33.4 Å². The Balaban J connectivity index is 1.72. The number of hydrogen-bond donors (Lipinski definition) is 2. The van der Waals surface area contributed by atoms with E-state index in [1.54, 1.807) is 26.0 Å². The van der Waals surface area contributed by atoms with Gasteiger partial charge in [-0.1, -0.05) is 12.2 Å². The molecular formula is C20H21F2N3O4. The van der Waals surface area contributed by atoms with Gasteiger partial charge in [0.1, 0.15) is 5.82 Å². The van der Waals surface area contributed by atoms with E-state index in [1.165, 1.54) is 10.7 Å². The number of rotatable bonds is 6. The number of aliphatic carboxylic acids is 1. The first-order chi connectivity index (χ1) is 13.8. The molecule has 3 rings (SSSR count). The summed E-state index contributed by atoms with van der Waals surface area (Å²) in [5, 5.41) is 16.4. The largest absolute Gasteiger partial charge is 0.481 e. The number of carbonyl (C=O) groups is 2. The van der Waals surface area contributed by atoms with Gasteiger partial charge in [0.05, 0.1) is 28.9 Å². The van der Waals surface area contributed by atoms with E-state index < -0.39 is 35.3 Å². The van der Waals surface area contributed by atoms with Gasteiger partial charge in [-0.05, 0) is 38.8 Å². The lowest BCUT2D eigenvalue weighted by Crippen LogP contribution is -2.35. The Kier molecular flexibility index (Phi) is 5.95. The van der Waals surface area contributed by atoms with Gasteiger partial charge in [0, 0.05) is 6.07 Å². The lowest BCUT2D eigenvalue weighted by molar-refractivity contribution is -0.146. The van der Waals surface area contributed by atoms with Crippen LogP contribution >= 0.6 is 0 Å². The van der Waals surface area contributed by atoms with Crippen LogP contribution in [-0.4, -0.2) is 26.8 Å². The summed E-state index contributed by atoms with van der Waals surface area (Å²) in [5.74, 6) is -4.51. The zero-order chi connectivity index (χ0) is 21.1. The minimum absolute atomic E-state index is 0.122. The third kappa shape index (κ3) is 4.44. The molecule has 1 heterocycles. The van der Waals surface area contributed by atoms with Gasteiger partial charge in [0.2, 0.25) is 5.91 Å². The fourth-order valence-corrected chi connectivity index (χ4v) is 3.32. The molecule has 29 heavy (non-hydrogen) atoms. The number of aromatic nitrogens is 2. The van der Waals surface area contributed by atoms with Crippen molar-refractivity contribution in [2.75, 3.05) is 5.32 Å². The Labute approximate surface area is 166 Å². The van der Waals surface area contributed by atoms with E-state index in [1.807, 2.05) is 0 Å². The third-order valence-electron chi connectivity index (χ3n) is 4.95. The lowest BCUT2D eigenvalue weighted by Gasteiger charge is -2.24. The number of ether oxygens (including phenoxy) is 1. The van der Waals surface area contributed by atoms with Crippen molar-refractivity contribution in [1.29, 1.82) is 0 Å². The first-order valence-corrected chi connectivity index (χ1v) is 9.08. The van der Waals surface area contributed by atoms with E-state index in [0.29, 0.717) is 29.9 Å². The smallest absolute Gasteiger partial charge is 0.307 e. The standard InChI is InChI=1S/C20H21F2N3O4/c1-11-18(23-19(26)14-5-3-4-6-15(14)20(27)28)12(2)25(24-11)10-29-17-8-7-13(21)9-16(17)22/h3-4,7-9,14-15H,5-6,10H2,1-2H3,(H,23,26)(H,27,28)/t14-,15-/m1/s1. The summed E-state index contributed by atoms with van der Waals surface area (Å²) < 4.78 is 33.5. The number of nitrogens with one attached hydrogen (secondary N) is 1. The number of benzene rings is 1. The quantitative estimate of drug-likeness (QED) is 0.719. The molecule has 0 aliphatic heterocycles. The molecule has 1 aliphatic rings. The number of nitrogens with zero attached hydrogens (tertiary/aromatic N) is 2. The summed E-state index contributed by atoms with van der Waals surface area (Å²) in [6.07, 6.45) is 4.23. The summed E-state index contributed by atoms with van der Waals surface area (Å²) >= 11 is 0. The molecule has 0 spiro atoms. The maximum atomic E-state index is 13.7. The molecule has 7 nitrogen and oxygen atoms in total. The highest BCUT2D eigenvalue weighted by molar-refractivity contribution is 5.96. The Bertz CT molecular complexity index is 971. The van der Waals surface area contributed by atoms with Crippen LogP contribution in [0, 0.1) is 37.3 Å². The number of carboxylic acids is 1. The maximum Gasteiger partial charge on any atom is 0.307 e. The molecule has 0 unspecified atom stereocenters. The molecule has 1 amide bonds. The van der Waals surface area contributed by atoms with Crippen LogP contribution in [0.25, 0.3) is 0 Å². The van der Waals surface area contributed by atoms with Crippen LogP contribution in [0.15, 0.2) is 30.4 Å². The molecule has 2 atom stereocenters. The van der Waals surface area contributed by atoms with Gasteiger partial charge in [0.25, 0.3) is 0 Å². The van der Waals surface area contributed by atoms with Crippen LogP contribution in [0.1, 0.15) is 24.2 Å². The molecule has 9 heteroatoms. The van der Waals surface area contributed by atoms with Crippen molar-refractivity contribution >= 4 is 17.6 Å². The van der Waals surface area contributed by atoms with Gasteiger partial charge in [-0.2, -0.15) is 5.10 Å². The van der Waals surface area contributed by atoms with Crippen molar-refractivity contribution in [3.63, 3.8) is 0 Å². The van der Waals surface area contributed by atoms with E-state index >= 15 is 0 Å². The summed E-state index contributed by atoms with van der Waals surface area (Å²) in [6, 6.07) is 2.99. The topological polar surface area (TPSA) is 93.5 Å². The third-order valence-corrected chi connectivity index (χ3v) is 4.95. The van der Waals surface area contributed by atoms with Crippen molar-refractivity contribution in [3.05, 3.63) is 53.4 Å². The minimum atomic E-state index is -1.01. The zero-order valence-electron chi connectivity index (χ0n) is 16.0. The molecule has 0 bridgehead atoms. The molecule has 0 saturated carbocycles. The summed E-state index contributed by atoms with van der Waals surface area (Å²) in [5.41, 5.74) is 1.53. The maximum absolute atomic E-state index is 13.7. The van der Waals surface area contributed by atoms with Gasteiger partial charge in [-0.15, -0.1) is 0 Å². The van der Waals surface area contributed by atoms with Crippen LogP contribution in [0.5, 0.6) is 5.75 Å². The summed E-state index contributed by atoms with van der Waals surface area (Å²) in [7, 11) is 0. The number of anilines is 1. The van der Waals surface area contributed by atoms with Crippen LogP contribution in [0.2, 0.25) is 0 Å². The minimum Gasteiger partial charge on any atom is -0.481 e. The molecule has 2 aromatic rings. The molecule has 1 aliphatic carbocycles. The molecule has 2 N–H and O–H groups in total. The van der Waals surface area contributed by atoms with Crippen molar-refractivity contribution in [3.8, 4) is 5.75 Å². The number of carboxylic acid groups (broad SMARTS) is 1. The average Bonchev–Trinajstić information content (AvgIpc) is 2.94. The number of halogens is 2. The molecular weight excluding hydrogens is 384 g/mol. The molecule has 1 aromatic heterocycles. The Morgan fingerprint density at radius 2 is 1.93 bits per heavy atom. The fourth-order valence-electron chi connectivity index (χ4n) is 3.32. The first kappa shape index (κ1) is 20.5. The fraction of sp³-hybridized carbons (Fsp3) is 0.350. The predicted molar refractivity (Wildman–Crippen MR) is 100 cm³/mol. The Morgan fingerprint density at radius 3 is 2.59 bits per heavy atom. The molecule has 0 fully saturated rings. The first-order valence-electron chi connectivity index (χ1n) is 9.08. The van der Waals surface area contributed by atoms with Crippen LogP contribution in [0.3, 0.4) is 0 Å². The normalized spacial score (nSPS) is 18.5. The molecule has 1 aromatic carbocycles. The highest BCUT2D eigenvalue weighted by Crippen LogP contribution is 2.29. The van der Waals surface area contributed by atoms with Crippen LogP contribution in [0.4, 0.5) is 14.5 Å². The van der Waals surface area contributed by atoms with Crippen molar-refractivity contribution in [1.82, 2.24) is 9.78 Å². The van der Waals surface area contributed by atoms with Gasteiger partial charge < -0.3 is 15.2 Å². The Morgan fingerprint density at radius 1 is 1.24 bits per heavy atom. The zero-order valence-corrected chi connectivity index (χ0v) is 16.0. The van der Waals surface area contributed by atoms with Crippen LogP contribution < -0.4 is 10.1 Å². The van der Waals surface area contributed by atoms with Gasteiger partial charge in [0.15, 0.2) is 18.3 Å². The number of amides is 1. The number of carbonyl (C=O) groups excluding carboxylic acids is 1. The van der Waals surface area contributed by atoms with Crippen molar-refractivity contribution in [2.24, 2.45) is 11.8 Å². The number of aryl methyl sites for hydroxylation is 1. The molecule has 0 saturated heterocycles. The average molecular weight is 405 g/mol. The number of hydrogen-bond acceptors (Lipinski definition) is 4. The van der Waals surface area contributed by atoms with E-state index in [4.69, 9.17) is 4.74 Å². The molecule has 0 radical (unpaired) electrons. The van der Waals surface area contributed by atoms with Gasteiger partial charge in [-0.25, -0.2) is 13.5 Å². The highest BCUT2D eigenvalue weighted by atomic mass is 19.1. The SMILES string of the molecule is Cc1nn(COc2ccc(F)cc2F)c(C)c1NC(=O)[C@@H]1CC=CC[C@H]1C(=O)O. The monoisotopic (exact) mass is 405 g/mol.